The number of carbonyl (C=O) groups excluding carboxylic acids is 1. The maximum absolute atomic E-state index is 12.8. The number of fused-ring (bicyclic) bond motifs is 2. The molecule has 130 valence electrons. The van der Waals surface area contributed by atoms with Crippen molar-refractivity contribution in [2.45, 2.75) is 42.7 Å². The minimum absolute atomic E-state index is 0.0447. The van der Waals surface area contributed by atoms with E-state index < -0.39 is 10.0 Å². The van der Waals surface area contributed by atoms with Crippen molar-refractivity contribution in [1.29, 1.82) is 0 Å². The van der Waals surface area contributed by atoms with Gasteiger partial charge in [-0.3, -0.25) is 9.69 Å². The van der Waals surface area contributed by atoms with E-state index in [1.807, 2.05) is 0 Å². The molecule has 8 heteroatoms. The van der Waals surface area contributed by atoms with Gasteiger partial charge in [0.15, 0.2) is 6.61 Å². The Labute approximate surface area is 141 Å². The molecule has 0 saturated carbocycles. The lowest BCUT2D eigenvalue weighted by molar-refractivity contribution is -0.118. The Morgan fingerprint density at radius 2 is 2.00 bits per heavy atom. The fourth-order valence-electron chi connectivity index (χ4n) is 3.93. The molecule has 0 spiro atoms. The summed E-state index contributed by atoms with van der Waals surface area (Å²) in [6.07, 6.45) is 4.05. The van der Waals surface area contributed by atoms with E-state index in [0.29, 0.717) is 17.5 Å². The van der Waals surface area contributed by atoms with Crippen LogP contribution in [0, 0.1) is 0 Å². The molecular weight excluding hydrogens is 330 g/mol. The molecule has 3 heterocycles. The number of piperidine rings is 1. The summed E-state index contributed by atoms with van der Waals surface area (Å²) in [5.74, 6) is 0.215. The fraction of sp³-hybridized carbons (Fsp3) is 0.562. The summed E-state index contributed by atoms with van der Waals surface area (Å²) < 4.78 is 33.7. The SMILES string of the molecule is O=C1COc2ccc(S(=O)(=O)N[C@H]3CCCN4CCC[C@@H]34)cc2N1. The second-order valence-corrected chi connectivity index (χ2v) is 8.32. The maximum atomic E-state index is 12.8. The summed E-state index contributed by atoms with van der Waals surface area (Å²) in [5.41, 5.74) is 0.403. The molecule has 0 unspecified atom stereocenters. The van der Waals surface area contributed by atoms with Crippen molar-refractivity contribution in [3.63, 3.8) is 0 Å². The Morgan fingerprint density at radius 1 is 1.21 bits per heavy atom. The van der Waals surface area contributed by atoms with E-state index >= 15 is 0 Å². The second-order valence-electron chi connectivity index (χ2n) is 6.61. The average Bonchev–Trinajstić information content (AvgIpc) is 3.03. The third kappa shape index (κ3) is 2.89. The van der Waals surface area contributed by atoms with Crippen LogP contribution in [-0.4, -0.2) is 51.0 Å². The van der Waals surface area contributed by atoms with Crippen molar-refractivity contribution >= 4 is 21.6 Å². The lowest BCUT2D eigenvalue weighted by atomic mass is 9.97. The van der Waals surface area contributed by atoms with Crippen molar-refractivity contribution in [3.05, 3.63) is 18.2 Å². The summed E-state index contributed by atoms with van der Waals surface area (Å²) in [6.45, 7) is 2.08. The Morgan fingerprint density at radius 3 is 2.83 bits per heavy atom. The van der Waals surface area contributed by atoms with Gasteiger partial charge in [-0.2, -0.15) is 0 Å². The molecule has 2 fully saturated rings. The van der Waals surface area contributed by atoms with Crippen LogP contribution in [0.15, 0.2) is 23.1 Å². The van der Waals surface area contributed by atoms with E-state index in [-0.39, 0.29) is 23.5 Å². The lowest BCUT2D eigenvalue weighted by Crippen LogP contribution is -2.52. The first kappa shape index (κ1) is 15.9. The third-order valence-electron chi connectivity index (χ3n) is 5.04. The predicted molar refractivity (Wildman–Crippen MR) is 88.5 cm³/mol. The van der Waals surface area contributed by atoms with E-state index in [1.165, 1.54) is 12.1 Å². The molecule has 3 aliphatic heterocycles. The van der Waals surface area contributed by atoms with E-state index in [2.05, 4.69) is 14.9 Å². The zero-order valence-electron chi connectivity index (χ0n) is 13.3. The summed E-state index contributed by atoms with van der Waals surface area (Å²) in [7, 11) is -3.63. The van der Waals surface area contributed by atoms with Crippen LogP contribution < -0.4 is 14.8 Å². The van der Waals surface area contributed by atoms with Crippen molar-refractivity contribution in [2.75, 3.05) is 25.0 Å². The zero-order chi connectivity index (χ0) is 16.7. The van der Waals surface area contributed by atoms with Crippen molar-refractivity contribution < 1.29 is 17.9 Å². The minimum atomic E-state index is -3.63. The Kier molecular flexibility index (Phi) is 3.98. The second kappa shape index (κ2) is 6.02. The largest absolute Gasteiger partial charge is 0.482 e. The normalized spacial score (nSPS) is 27.1. The van der Waals surface area contributed by atoms with Crippen molar-refractivity contribution in [3.8, 4) is 5.75 Å². The highest BCUT2D eigenvalue weighted by atomic mass is 32.2. The number of benzene rings is 1. The van der Waals surface area contributed by atoms with Gasteiger partial charge in [0.05, 0.1) is 10.6 Å². The van der Waals surface area contributed by atoms with E-state index in [0.717, 1.165) is 38.8 Å². The highest BCUT2D eigenvalue weighted by molar-refractivity contribution is 7.89. The van der Waals surface area contributed by atoms with Gasteiger partial charge in [0.25, 0.3) is 5.91 Å². The van der Waals surface area contributed by atoms with Gasteiger partial charge in [0.1, 0.15) is 5.75 Å². The molecule has 0 aliphatic carbocycles. The van der Waals surface area contributed by atoms with Gasteiger partial charge >= 0.3 is 0 Å². The molecule has 1 amide bonds. The van der Waals surface area contributed by atoms with Crippen LogP contribution in [0.4, 0.5) is 5.69 Å². The van der Waals surface area contributed by atoms with Gasteiger partial charge in [0, 0.05) is 12.1 Å². The number of nitrogens with zero attached hydrogens (tertiary/aromatic N) is 1. The molecule has 3 aliphatic rings. The molecule has 4 rings (SSSR count). The molecular formula is C16H21N3O4S. The predicted octanol–water partition coefficient (Wildman–Crippen LogP) is 0.923. The van der Waals surface area contributed by atoms with Crippen LogP contribution in [0.2, 0.25) is 0 Å². The number of nitrogens with one attached hydrogen (secondary N) is 2. The molecule has 0 radical (unpaired) electrons. The first-order valence-corrected chi connectivity index (χ1v) is 9.84. The number of hydrogen-bond acceptors (Lipinski definition) is 5. The quantitative estimate of drug-likeness (QED) is 0.846. The van der Waals surface area contributed by atoms with E-state index in [9.17, 15) is 13.2 Å². The number of rotatable bonds is 3. The Hall–Kier alpha value is -1.64. The number of ether oxygens (including phenoxy) is 1. The highest BCUT2D eigenvalue weighted by Crippen LogP contribution is 2.31. The topological polar surface area (TPSA) is 87.7 Å². The zero-order valence-corrected chi connectivity index (χ0v) is 14.1. The van der Waals surface area contributed by atoms with Gasteiger partial charge in [0.2, 0.25) is 10.0 Å². The van der Waals surface area contributed by atoms with Gasteiger partial charge in [-0.05, 0) is 57.0 Å². The molecule has 2 atom stereocenters. The standard InChI is InChI=1S/C16H21N3O4S/c20-16-10-23-15-6-5-11(9-13(15)17-16)24(21,22)18-12-3-1-7-19-8-2-4-14(12)19/h5-6,9,12,14,18H,1-4,7-8,10H2,(H,17,20)/t12-,14-/m0/s1. The first-order chi connectivity index (χ1) is 11.5. The number of anilines is 1. The number of carbonyl (C=O) groups is 1. The molecule has 1 aromatic carbocycles. The van der Waals surface area contributed by atoms with Crippen LogP contribution in [0.25, 0.3) is 0 Å². The Bertz CT molecular complexity index is 765. The first-order valence-electron chi connectivity index (χ1n) is 8.36. The van der Waals surface area contributed by atoms with Crippen molar-refractivity contribution in [1.82, 2.24) is 9.62 Å². The van der Waals surface area contributed by atoms with E-state index in [1.54, 1.807) is 6.07 Å². The van der Waals surface area contributed by atoms with Gasteiger partial charge in [-0.1, -0.05) is 0 Å². The van der Waals surface area contributed by atoms with Crippen LogP contribution in [0.5, 0.6) is 5.75 Å². The highest BCUT2D eigenvalue weighted by Gasteiger charge is 2.37. The molecule has 2 N–H and O–H groups in total. The number of hydrogen-bond donors (Lipinski definition) is 2. The number of sulfonamides is 1. The monoisotopic (exact) mass is 351 g/mol. The Balaban J connectivity index is 1.56. The summed E-state index contributed by atoms with van der Waals surface area (Å²) >= 11 is 0. The molecule has 2 saturated heterocycles. The smallest absolute Gasteiger partial charge is 0.262 e. The van der Waals surface area contributed by atoms with Crippen LogP contribution >= 0.6 is 0 Å². The molecule has 24 heavy (non-hydrogen) atoms. The van der Waals surface area contributed by atoms with Crippen LogP contribution in [0.1, 0.15) is 25.7 Å². The van der Waals surface area contributed by atoms with E-state index in [4.69, 9.17) is 4.74 Å². The summed E-state index contributed by atoms with van der Waals surface area (Å²) in [6, 6.07) is 4.83. The van der Waals surface area contributed by atoms with Crippen LogP contribution in [-0.2, 0) is 14.8 Å². The van der Waals surface area contributed by atoms with Crippen molar-refractivity contribution in [2.24, 2.45) is 0 Å². The lowest BCUT2D eigenvalue weighted by Gasteiger charge is -2.36. The number of amides is 1. The third-order valence-corrected chi connectivity index (χ3v) is 6.53. The molecule has 0 bridgehead atoms. The van der Waals surface area contributed by atoms with Crippen LogP contribution in [0.3, 0.4) is 0 Å². The summed E-state index contributed by atoms with van der Waals surface area (Å²) in [5, 5.41) is 2.65. The molecule has 7 nitrogen and oxygen atoms in total. The molecule has 0 aromatic heterocycles. The fourth-order valence-corrected chi connectivity index (χ4v) is 5.26. The summed E-state index contributed by atoms with van der Waals surface area (Å²) in [4.78, 5) is 14.0. The average molecular weight is 351 g/mol. The maximum Gasteiger partial charge on any atom is 0.262 e. The van der Waals surface area contributed by atoms with Gasteiger partial charge < -0.3 is 10.1 Å². The van der Waals surface area contributed by atoms with Gasteiger partial charge in [-0.25, -0.2) is 13.1 Å². The molecule has 1 aromatic rings. The van der Waals surface area contributed by atoms with Gasteiger partial charge in [-0.15, -0.1) is 0 Å². The minimum Gasteiger partial charge on any atom is -0.482 e.